The highest BCUT2D eigenvalue weighted by molar-refractivity contribution is 5.59. The summed E-state index contributed by atoms with van der Waals surface area (Å²) in [6, 6.07) is 20.1. The summed E-state index contributed by atoms with van der Waals surface area (Å²) >= 11 is 0. The smallest absolute Gasteiger partial charge is 0.196 e. The number of rotatable bonds is 4. The van der Waals surface area contributed by atoms with Crippen LogP contribution in [0.5, 0.6) is 11.5 Å². The third-order valence-electron chi connectivity index (χ3n) is 5.69. The van der Waals surface area contributed by atoms with Gasteiger partial charge in [0.05, 0.1) is 0 Å². The van der Waals surface area contributed by atoms with E-state index in [9.17, 15) is 0 Å². The predicted molar refractivity (Wildman–Crippen MR) is 115 cm³/mol. The first-order valence-electron chi connectivity index (χ1n) is 10.3. The van der Waals surface area contributed by atoms with E-state index < -0.39 is 0 Å². The van der Waals surface area contributed by atoms with Gasteiger partial charge in [-0.1, -0.05) is 36.4 Å². The van der Waals surface area contributed by atoms with Crippen LogP contribution in [0.3, 0.4) is 0 Å². The number of anilines is 1. The molecule has 0 radical (unpaired) electrons. The maximum Gasteiger partial charge on any atom is 0.196 e. The van der Waals surface area contributed by atoms with E-state index in [1.54, 1.807) is 0 Å². The number of aromatic nitrogens is 4. The average Bonchev–Trinajstić information content (AvgIpc) is 3.46. The maximum atomic E-state index is 5.25. The van der Waals surface area contributed by atoms with E-state index >= 15 is 0 Å². The molecule has 2 aliphatic rings. The van der Waals surface area contributed by atoms with Gasteiger partial charge in [-0.05, 0) is 29.8 Å². The van der Waals surface area contributed by atoms with Gasteiger partial charge in [0.15, 0.2) is 23.0 Å². The van der Waals surface area contributed by atoms with Gasteiger partial charge in [-0.15, -0.1) is 15.3 Å². The van der Waals surface area contributed by atoms with Crippen molar-refractivity contribution in [1.82, 2.24) is 30.4 Å². The molecule has 0 bridgehead atoms. The standard InChI is InChI=1S/C22H21N7O2/c1-2-4-17(5-3-1)22-24-23-20-8-9-21(25-29(20)22)28-12-10-27(11-13-28)15-16-6-7-18-19(14-16)31-26-30-18/h1-9,14,26H,10-13,15H2. The van der Waals surface area contributed by atoms with E-state index in [-0.39, 0.29) is 0 Å². The Balaban J connectivity index is 1.16. The van der Waals surface area contributed by atoms with E-state index in [0.29, 0.717) is 0 Å². The van der Waals surface area contributed by atoms with Crippen molar-refractivity contribution in [2.75, 3.05) is 31.1 Å². The zero-order valence-electron chi connectivity index (χ0n) is 16.8. The molecule has 2 aliphatic heterocycles. The molecule has 156 valence electrons. The van der Waals surface area contributed by atoms with Crippen LogP contribution in [0.2, 0.25) is 0 Å². The van der Waals surface area contributed by atoms with E-state index in [4.69, 9.17) is 14.8 Å². The lowest BCUT2D eigenvalue weighted by atomic mass is 10.1. The van der Waals surface area contributed by atoms with Gasteiger partial charge in [0.1, 0.15) is 5.82 Å². The van der Waals surface area contributed by atoms with E-state index in [2.05, 4.69) is 31.7 Å². The molecular weight excluding hydrogens is 394 g/mol. The topological polar surface area (TPSA) is 80.1 Å². The van der Waals surface area contributed by atoms with Crippen molar-refractivity contribution in [1.29, 1.82) is 0 Å². The van der Waals surface area contributed by atoms with Gasteiger partial charge in [0, 0.05) is 43.9 Å². The predicted octanol–water partition coefficient (Wildman–Crippen LogP) is 2.30. The first kappa shape index (κ1) is 18.1. The Morgan fingerprint density at radius 1 is 0.839 bits per heavy atom. The van der Waals surface area contributed by atoms with Crippen molar-refractivity contribution in [2.45, 2.75) is 6.54 Å². The van der Waals surface area contributed by atoms with E-state index in [1.807, 2.05) is 59.1 Å². The number of piperazine rings is 1. The molecule has 2 aromatic heterocycles. The van der Waals surface area contributed by atoms with Crippen LogP contribution in [0.4, 0.5) is 5.82 Å². The molecule has 2 aromatic carbocycles. The summed E-state index contributed by atoms with van der Waals surface area (Å²) in [4.78, 5) is 15.2. The van der Waals surface area contributed by atoms with Crippen LogP contribution in [0.1, 0.15) is 5.56 Å². The third kappa shape index (κ3) is 3.43. The molecule has 0 saturated carbocycles. The Hall–Kier alpha value is -3.69. The molecule has 4 aromatic rings. The molecule has 9 heteroatoms. The Labute approximate surface area is 178 Å². The zero-order chi connectivity index (χ0) is 20.6. The molecule has 1 fully saturated rings. The molecule has 1 N–H and O–H groups in total. The van der Waals surface area contributed by atoms with E-state index in [1.165, 1.54) is 5.56 Å². The summed E-state index contributed by atoms with van der Waals surface area (Å²) in [6.45, 7) is 4.61. The van der Waals surface area contributed by atoms with Crippen molar-refractivity contribution in [2.24, 2.45) is 0 Å². The Kier molecular flexibility index (Phi) is 4.40. The number of hydrogen-bond donors (Lipinski definition) is 1. The fourth-order valence-electron chi connectivity index (χ4n) is 4.03. The first-order chi connectivity index (χ1) is 15.3. The van der Waals surface area contributed by atoms with Crippen LogP contribution in [-0.4, -0.2) is 50.9 Å². The maximum absolute atomic E-state index is 5.25. The molecular formula is C22H21N7O2. The Morgan fingerprint density at radius 3 is 2.55 bits per heavy atom. The quantitative estimate of drug-likeness (QED) is 0.544. The number of nitrogens with one attached hydrogen (secondary N) is 1. The molecule has 31 heavy (non-hydrogen) atoms. The molecule has 0 amide bonds. The third-order valence-corrected chi connectivity index (χ3v) is 5.69. The lowest BCUT2D eigenvalue weighted by Gasteiger charge is -2.35. The number of hydrogen-bond acceptors (Lipinski definition) is 8. The second-order valence-electron chi connectivity index (χ2n) is 7.68. The summed E-state index contributed by atoms with van der Waals surface area (Å²) in [5.41, 5.74) is 5.39. The van der Waals surface area contributed by atoms with Gasteiger partial charge in [-0.2, -0.15) is 4.52 Å². The van der Waals surface area contributed by atoms with Crippen molar-refractivity contribution < 1.29 is 9.68 Å². The fraction of sp³-hybridized carbons (Fsp3) is 0.227. The van der Waals surface area contributed by atoms with Crippen LogP contribution in [0, 0.1) is 0 Å². The number of fused-ring (bicyclic) bond motifs is 2. The van der Waals surface area contributed by atoms with Gasteiger partial charge in [0.2, 0.25) is 0 Å². The van der Waals surface area contributed by atoms with Crippen molar-refractivity contribution >= 4 is 11.5 Å². The van der Waals surface area contributed by atoms with Crippen LogP contribution in [-0.2, 0) is 6.54 Å². The second-order valence-corrected chi connectivity index (χ2v) is 7.68. The average molecular weight is 415 g/mol. The molecule has 4 heterocycles. The molecule has 9 nitrogen and oxygen atoms in total. The molecule has 1 saturated heterocycles. The van der Waals surface area contributed by atoms with E-state index in [0.717, 1.165) is 67.1 Å². The summed E-state index contributed by atoms with van der Waals surface area (Å²) < 4.78 is 1.83. The molecule has 6 rings (SSSR count). The van der Waals surface area contributed by atoms with Crippen LogP contribution < -0.4 is 20.2 Å². The lowest BCUT2D eigenvalue weighted by Crippen LogP contribution is -2.46. The highest BCUT2D eigenvalue weighted by Crippen LogP contribution is 2.31. The highest BCUT2D eigenvalue weighted by atomic mass is 16.9. The lowest BCUT2D eigenvalue weighted by molar-refractivity contribution is 0.0259. The minimum Gasteiger partial charge on any atom is -0.370 e. The summed E-state index contributed by atoms with van der Waals surface area (Å²) in [5.74, 6) is 3.15. The highest BCUT2D eigenvalue weighted by Gasteiger charge is 2.21. The molecule has 0 aliphatic carbocycles. The second kappa shape index (κ2) is 7.53. The normalized spacial score (nSPS) is 16.2. The van der Waals surface area contributed by atoms with Gasteiger partial charge < -0.3 is 14.6 Å². The van der Waals surface area contributed by atoms with Gasteiger partial charge >= 0.3 is 0 Å². The number of benzene rings is 2. The zero-order valence-corrected chi connectivity index (χ0v) is 16.8. The minimum atomic E-state index is 0.721. The summed E-state index contributed by atoms with van der Waals surface area (Å²) in [6.07, 6.45) is 0. The van der Waals surface area contributed by atoms with Crippen molar-refractivity contribution in [3.8, 4) is 22.9 Å². The molecule has 0 atom stereocenters. The summed E-state index contributed by atoms with van der Waals surface area (Å²) in [5, 5.41) is 13.4. The van der Waals surface area contributed by atoms with Crippen LogP contribution in [0.25, 0.3) is 17.0 Å². The van der Waals surface area contributed by atoms with Gasteiger partial charge in [0.25, 0.3) is 0 Å². The van der Waals surface area contributed by atoms with Crippen LogP contribution in [0.15, 0.2) is 60.7 Å². The largest absolute Gasteiger partial charge is 0.370 e. The monoisotopic (exact) mass is 415 g/mol. The molecule has 0 spiro atoms. The Bertz CT molecular complexity index is 1220. The summed E-state index contributed by atoms with van der Waals surface area (Å²) in [7, 11) is 0. The minimum absolute atomic E-state index is 0.721. The van der Waals surface area contributed by atoms with Crippen molar-refractivity contribution in [3.63, 3.8) is 0 Å². The fourth-order valence-corrected chi connectivity index (χ4v) is 4.03. The van der Waals surface area contributed by atoms with Crippen LogP contribution >= 0.6 is 0 Å². The van der Waals surface area contributed by atoms with Crippen molar-refractivity contribution in [3.05, 3.63) is 66.2 Å². The Morgan fingerprint density at radius 2 is 1.68 bits per heavy atom. The van der Waals surface area contributed by atoms with Gasteiger partial charge in [-0.25, -0.2) is 0 Å². The number of nitrogens with zero attached hydrogens (tertiary/aromatic N) is 6. The van der Waals surface area contributed by atoms with Gasteiger partial charge in [-0.3, -0.25) is 4.90 Å². The first-order valence-corrected chi connectivity index (χ1v) is 10.3. The SMILES string of the molecule is c1ccc(-c2nnc3ccc(N4CCN(Cc5ccc6c(c5)ONO6)CC4)nn23)cc1. The molecule has 0 unspecified atom stereocenters.